The van der Waals surface area contributed by atoms with Gasteiger partial charge in [-0.15, -0.1) is 0 Å². The fourth-order valence-corrected chi connectivity index (χ4v) is 7.90. The molecule has 3 heterocycles. The van der Waals surface area contributed by atoms with Crippen LogP contribution >= 0.6 is 23.2 Å². The average Bonchev–Trinajstić information content (AvgIpc) is 3.66. The van der Waals surface area contributed by atoms with Crippen molar-refractivity contribution in [1.29, 1.82) is 5.41 Å². The van der Waals surface area contributed by atoms with Crippen LogP contribution in [0.5, 0.6) is 5.75 Å². The zero-order valence-electron chi connectivity index (χ0n) is 25.8. The lowest BCUT2D eigenvalue weighted by molar-refractivity contribution is -0.124. The van der Waals surface area contributed by atoms with Gasteiger partial charge in [-0.2, -0.15) is 4.31 Å². The van der Waals surface area contributed by atoms with Crippen molar-refractivity contribution in [3.8, 4) is 5.75 Å². The molecule has 2 aromatic carbocycles. The fraction of sp³-hybridized carbons (Fsp3) is 0.312. The number of nitrogens with one attached hydrogen (secondary N) is 3. The van der Waals surface area contributed by atoms with Gasteiger partial charge in [-0.3, -0.25) is 15.0 Å². The molecule has 0 unspecified atom stereocenters. The van der Waals surface area contributed by atoms with Crippen LogP contribution in [0.3, 0.4) is 0 Å². The Bertz CT molecular complexity index is 1950. The first-order valence-corrected chi connectivity index (χ1v) is 17.2. The largest absolute Gasteiger partial charge is 0.485 e. The lowest BCUT2D eigenvalue weighted by atomic mass is 10.1. The smallest absolute Gasteiger partial charge is 0.251 e. The minimum Gasteiger partial charge on any atom is -0.485 e. The van der Waals surface area contributed by atoms with Gasteiger partial charge in [0.2, 0.25) is 15.9 Å². The summed E-state index contributed by atoms with van der Waals surface area (Å²) >= 11 is 13.1. The Balaban J connectivity index is 1.20. The number of nitrogens with zero attached hydrogens (tertiary/aromatic N) is 3. The van der Waals surface area contributed by atoms with Crippen LogP contribution in [0, 0.1) is 19.3 Å². The zero-order chi connectivity index (χ0) is 33.9. The van der Waals surface area contributed by atoms with Crippen molar-refractivity contribution in [2.24, 2.45) is 5.73 Å². The van der Waals surface area contributed by atoms with Gasteiger partial charge in [0.15, 0.2) is 11.4 Å². The van der Waals surface area contributed by atoms with E-state index in [1.54, 1.807) is 30.3 Å². The lowest BCUT2D eigenvalue weighted by Gasteiger charge is -2.24. The number of aryl methyl sites for hydroxylation is 2. The molecule has 0 radical (unpaired) electrons. The summed E-state index contributed by atoms with van der Waals surface area (Å²) in [5.41, 5.74) is 9.13. The second-order valence-corrected chi connectivity index (χ2v) is 13.8. The number of ether oxygens (including phenoxy) is 1. The number of nitrogen functional groups attached to an aromatic ring is 1. The Hall–Kier alpha value is -4.17. The number of aromatic nitrogens is 2. The molecule has 1 fully saturated rings. The minimum atomic E-state index is -4.18. The van der Waals surface area contributed by atoms with Gasteiger partial charge < -0.3 is 25.5 Å². The monoisotopic (exact) mass is 699 g/mol. The Morgan fingerprint density at radius 3 is 2.49 bits per heavy atom. The summed E-state index contributed by atoms with van der Waals surface area (Å²) in [6.45, 7) is 4.44. The first-order chi connectivity index (χ1) is 22.4. The Morgan fingerprint density at radius 1 is 1.06 bits per heavy atom. The van der Waals surface area contributed by atoms with Crippen LogP contribution in [0.4, 0.5) is 0 Å². The first-order valence-electron chi connectivity index (χ1n) is 15.0. The SMILES string of the molecule is Cc1nc2c(OCc3c(Cl)ccc(S(=O)(=O)N4CCC[C@H]4C(=O)NCCCNC(=O)c4ccc(C(=N)N)cc4)c3Cl)cccn2c1C. The molecule has 12 nitrogen and oxygen atoms in total. The molecule has 47 heavy (non-hydrogen) atoms. The van der Waals surface area contributed by atoms with Crippen molar-refractivity contribution < 1.29 is 22.7 Å². The number of amidine groups is 1. The Kier molecular flexibility index (Phi) is 10.4. The second kappa shape index (κ2) is 14.3. The summed E-state index contributed by atoms with van der Waals surface area (Å²) in [6, 6.07) is 11.8. The van der Waals surface area contributed by atoms with E-state index in [-0.39, 0.29) is 46.4 Å². The molecule has 1 aliphatic heterocycles. The van der Waals surface area contributed by atoms with Gasteiger partial charge >= 0.3 is 0 Å². The fourth-order valence-electron chi connectivity index (χ4n) is 5.38. The maximum Gasteiger partial charge on any atom is 0.251 e. The van der Waals surface area contributed by atoms with E-state index in [1.807, 2.05) is 30.5 Å². The molecule has 0 saturated carbocycles. The van der Waals surface area contributed by atoms with Crippen molar-refractivity contribution in [3.63, 3.8) is 0 Å². The first kappa shape index (κ1) is 34.2. The number of imidazole rings is 1. The van der Waals surface area contributed by atoms with Crippen molar-refractivity contribution >= 4 is 56.5 Å². The van der Waals surface area contributed by atoms with E-state index < -0.39 is 22.0 Å². The topological polar surface area (TPSA) is 172 Å². The van der Waals surface area contributed by atoms with E-state index in [9.17, 15) is 18.0 Å². The molecule has 1 saturated heterocycles. The number of pyridine rings is 1. The molecule has 0 bridgehead atoms. The molecule has 1 aliphatic rings. The van der Waals surface area contributed by atoms with E-state index in [2.05, 4.69) is 15.6 Å². The average molecular weight is 701 g/mol. The van der Waals surface area contributed by atoms with E-state index in [1.165, 1.54) is 16.4 Å². The molecule has 4 aromatic rings. The summed E-state index contributed by atoms with van der Waals surface area (Å²) in [5.74, 6) is -0.321. The number of carbonyl (C=O) groups is 2. The Morgan fingerprint density at radius 2 is 1.77 bits per heavy atom. The highest BCUT2D eigenvalue weighted by atomic mass is 35.5. The van der Waals surface area contributed by atoms with Crippen molar-refractivity contribution in [2.75, 3.05) is 19.6 Å². The quantitative estimate of drug-likeness (QED) is 0.0974. The van der Waals surface area contributed by atoms with Gasteiger partial charge in [0, 0.05) is 53.2 Å². The third-order valence-electron chi connectivity index (χ3n) is 8.10. The summed E-state index contributed by atoms with van der Waals surface area (Å²) in [7, 11) is -4.18. The van der Waals surface area contributed by atoms with Crippen LogP contribution in [0.15, 0.2) is 59.6 Å². The predicted molar refractivity (Wildman–Crippen MR) is 180 cm³/mol. The summed E-state index contributed by atoms with van der Waals surface area (Å²) in [6.07, 6.45) is 3.17. The van der Waals surface area contributed by atoms with Gasteiger partial charge in [0.1, 0.15) is 23.4 Å². The maximum absolute atomic E-state index is 13.9. The van der Waals surface area contributed by atoms with E-state index in [4.69, 9.17) is 39.1 Å². The number of fused-ring (bicyclic) bond motifs is 1. The highest BCUT2D eigenvalue weighted by Gasteiger charge is 2.40. The van der Waals surface area contributed by atoms with Gasteiger partial charge in [0.25, 0.3) is 5.91 Å². The lowest BCUT2D eigenvalue weighted by Crippen LogP contribution is -2.46. The van der Waals surface area contributed by atoms with Crippen LogP contribution in [-0.2, 0) is 21.4 Å². The molecule has 5 N–H and O–H groups in total. The van der Waals surface area contributed by atoms with Gasteiger partial charge in [-0.1, -0.05) is 35.3 Å². The normalized spacial score (nSPS) is 15.1. The predicted octanol–water partition coefficient (Wildman–Crippen LogP) is 4.21. The number of halogens is 2. The molecule has 5 rings (SSSR count). The molecule has 15 heteroatoms. The third kappa shape index (κ3) is 7.23. The summed E-state index contributed by atoms with van der Waals surface area (Å²) in [5, 5.41) is 13.2. The number of rotatable bonds is 12. The van der Waals surface area contributed by atoms with Crippen molar-refractivity contribution in [1.82, 2.24) is 24.3 Å². The number of sulfonamides is 1. The minimum absolute atomic E-state index is 0.0714. The van der Waals surface area contributed by atoms with E-state index in [0.717, 1.165) is 11.4 Å². The number of nitrogens with two attached hydrogens (primary N) is 1. The highest BCUT2D eigenvalue weighted by Crippen LogP contribution is 2.36. The van der Waals surface area contributed by atoms with Gasteiger partial charge in [-0.25, -0.2) is 13.4 Å². The van der Waals surface area contributed by atoms with Gasteiger partial charge in [0.05, 0.1) is 10.7 Å². The van der Waals surface area contributed by atoms with Crippen LogP contribution in [-0.4, -0.2) is 65.4 Å². The Labute approximate surface area is 282 Å². The number of hydrogen-bond acceptors (Lipinski definition) is 7. The molecule has 2 aromatic heterocycles. The van der Waals surface area contributed by atoms with Crippen LogP contribution in [0.1, 0.15) is 52.1 Å². The number of carbonyl (C=O) groups excluding carboxylic acids is 2. The van der Waals surface area contributed by atoms with Crippen LogP contribution in [0.25, 0.3) is 5.65 Å². The molecular weight excluding hydrogens is 665 g/mol. The molecule has 248 valence electrons. The standard InChI is InChI=1S/C32H35Cl2N7O5S/c1-19-20(2)40-16-4-7-26(30(40)39-19)46-18-23-24(33)12-13-27(28(23)34)47(44,45)41-17-3-6-25(41)32(43)38-15-5-14-37-31(42)22-10-8-21(9-11-22)29(35)36/h4,7-13,16,25H,3,5-6,14-15,17-18H2,1-2H3,(H3,35,36)(H,37,42)(H,38,43)/t25-/m0/s1. The second-order valence-electron chi connectivity index (χ2n) is 11.1. The molecular formula is C32H35Cl2N7O5S. The molecule has 0 aliphatic carbocycles. The summed E-state index contributed by atoms with van der Waals surface area (Å²) < 4.78 is 36.8. The molecule has 1 atom stereocenters. The number of amides is 2. The zero-order valence-corrected chi connectivity index (χ0v) is 28.2. The molecule has 0 spiro atoms. The van der Waals surface area contributed by atoms with Gasteiger partial charge in [-0.05, 0) is 69.5 Å². The maximum atomic E-state index is 13.9. The highest BCUT2D eigenvalue weighted by molar-refractivity contribution is 7.89. The number of hydrogen-bond donors (Lipinski definition) is 4. The molecule has 2 amide bonds. The van der Waals surface area contributed by atoms with Crippen molar-refractivity contribution in [2.45, 2.75) is 50.7 Å². The van der Waals surface area contributed by atoms with Crippen LogP contribution < -0.4 is 21.1 Å². The van der Waals surface area contributed by atoms with Crippen molar-refractivity contribution in [3.05, 3.63) is 92.9 Å². The van der Waals surface area contributed by atoms with E-state index in [0.29, 0.717) is 53.9 Å². The van der Waals surface area contributed by atoms with E-state index >= 15 is 0 Å². The number of benzene rings is 2. The third-order valence-corrected chi connectivity index (χ3v) is 11.0. The van der Waals surface area contributed by atoms with Crippen LogP contribution in [0.2, 0.25) is 10.0 Å². The summed E-state index contributed by atoms with van der Waals surface area (Å²) in [4.78, 5) is 29.9.